The van der Waals surface area contributed by atoms with E-state index in [0.29, 0.717) is 40.8 Å². The van der Waals surface area contributed by atoms with E-state index >= 15 is 0 Å². The molecule has 2 aromatic rings. The number of carbonyl (C=O) groups is 1. The van der Waals surface area contributed by atoms with Crippen LogP contribution in [-0.4, -0.2) is 103 Å². The van der Waals surface area contributed by atoms with E-state index in [1.54, 1.807) is 38.1 Å². The van der Waals surface area contributed by atoms with Crippen molar-refractivity contribution in [2.24, 2.45) is 0 Å². The van der Waals surface area contributed by atoms with E-state index in [1.165, 1.54) is 29.9 Å². The number of likely N-dealkylation sites (N-methyl/N-ethyl adjacent to an activating group) is 3. The number of methoxy groups -OCH3 is 1. The molecule has 3 rings (SSSR count). The van der Waals surface area contributed by atoms with Gasteiger partial charge in [0.1, 0.15) is 12.4 Å². The third-order valence-electron chi connectivity index (χ3n) is 8.04. The number of hydrogen-bond acceptors (Lipinski definition) is 7. The van der Waals surface area contributed by atoms with Crippen LogP contribution in [0.15, 0.2) is 35.2 Å². The summed E-state index contributed by atoms with van der Waals surface area (Å²) in [5.41, 5.74) is 4.83. The fraction of sp³-hybridized carbons (Fsp3) is 0.581. The smallest absolute Gasteiger partial charge is 0.248 e. The molecule has 0 aliphatic carbocycles. The molecule has 0 N–H and O–H groups in total. The molecule has 0 aromatic heterocycles. The van der Waals surface area contributed by atoms with E-state index in [4.69, 9.17) is 9.47 Å². The summed E-state index contributed by atoms with van der Waals surface area (Å²) in [6.07, 6.45) is 2.97. The number of ether oxygens (including phenoxy) is 2. The summed E-state index contributed by atoms with van der Waals surface area (Å²) in [5.74, 6) is 0.487. The van der Waals surface area contributed by atoms with Crippen LogP contribution in [-0.2, 0) is 32.5 Å². The van der Waals surface area contributed by atoms with Gasteiger partial charge in [0.15, 0.2) is 0 Å². The molecule has 9 nitrogen and oxygen atoms in total. The Bertz CT molecular complexity index is 1300. The normalized spacial score (nSPS) is 16.0. The Hall–Kier alpha value is -2.66. The van der Waals surface area contributed by atoms with Gasteiger partial charge in [0.05, 0.1) is 18.6 Å². The molecule has 1 fully saturated rings. The standard InChI is InChI=1S/C31H48N4O5S/c1-9-25-19-29(39-8)18-24(3)31(25)41(37,38)34(7)15-16-40-22-30(36)33(6)20-26-12-13-27(17-23(26)2)35-14-10-11-28(21-35)32(4)5/h12-13,17-19,28H,9-11,14-16,20-22H2,1-8H3. The Morgan fingerprint density at radius 3 is 2.41 bits per heavy atom. The molecular weight excluding hydrogens is 540 g/mol. The molecule has 2 aromatic carbocycles. The first-order valence-electron chi connectivity index (χ1n) is 14.4. The summed E-state index contributed by atoms with van der Waals surface area (Å²) in [7, 11) is 5.43. The number of carbonyl (C=O) groups excluding carboxylic acids is 1. The van der Waals surface area contributed by atoms with Gasteiger partial charge in [-0.3, -0.25) is 4.79 Å². The maximum absolute atomic E-state index is 13.3. The molecule has 10 heteroatoms. The van der Waals surface area contributed by atoms with Gasteiger partial charge in [0.25, 0.3) is 0 Å². The van der Waals surface area contributed by atoms with E-state index in [1.807, 2.05) is 6.92 Å². The highest BCUT2D eigenvalue weighted by Gasteiger charge is 2.26. The van der Waals surface area contributed by atoms with Gasteiger partial charge >= 0.3 is 0 Å². The lowest BCUT2D eigenvalue weighted by atomic mass is 10.0. The van der Waals surface area contributed by atoms with E-state index < -0.39 is 10.0 Å². The van der Waals surface area contributed by atoms with Gasteiger partial charge in [0, 0.05) is 52.0 Å². The first-order valence-corrected chi connectivity index (χ1v) is 15.8. The first-order chi connectivity index (χ1) is 19.4. The number of rotatable bonds is 13. The maximum atomic E-state index is 13.3. The molecule has 0 saturated carbocycles. The average molecular weight is 589 g/mol. The van der Waals surface area contributed by atoms with Crippen LogP contribution in [0.3, 0.4) is 0 Å². The Morgan fingerprint density at radius 1 is 1.05 bits per heavy atom. The quantitative estimate of drug-likeness (QED) is 0.330. The molecule has 1 heterocycles. The molecule has 0 bridgehead atoms. The van der Waals surface area contributed by atoms with Crippen LogP contribution in [0, 0.1) is 13.8 Å². The molecule has 1 aliphatic heterocycles. The first kappa shape index (κ1) is 32.8. The zero-order chi connectivity index (χ0) is 30.3. The summed E-state index contributed by atoms with van der Waals surface area (Å²) in [4.78, 5) is 19.5. The zero-order valence-corrected chi connectivity index (χ0v) is 26.9. The summed E-state index contributed by atoms with van der Waals surface area (Å²) in [5, 5.41) is 0. The highest BCUT2D eigenvalue weighted by Crippen LogP contribution is 2.29. The lowest BCUT2D eigenvalue weighted by molar-refractivity contribution is -0.135. The molecular formula is C31H48N4O5S. The van der Waals surface area contributed by atoms with Crippen molar-refractivity contribution in [3.05, 3.63) is 52.6 Å². The van der Waals surface area contributed by atoms with Crippen LogP contribution in [0.5, 0.6) is 5.75 Å². The van der Waals surface area contributed by atoms with E-state index in [0.717, 1.165) is 24.2 Å². The van der Waals surface area contributed by atoms with Crippen molar-refractivity contribution in [2.45, 2.75) is 57.5 Å². The number of sulfonamides is 1. The van der Waals surface area contributed by atoms with Crippen LogP contribution >= 0.6 is 0 Å². The van der Waals surface area contributed by atoms with Crippen molar-refractivity contribution in [2.75, 3.05) is 73.0 Å². The highest BCUT2D eigenvalue weighted by molar-refractivity contribution is 7.89. The summed E-state index contributed by atoms with van der Waals surface area (Å²) >= 11 is 0. The second kappa shape index (κ2) is 14.5. The van der Waals surface area contributed by atoms with Gasteiger partial charge in [-0.1, -0.05) is 13.0 Å². The molecule has 0 spiro atoms. The largest absolute Gasteiger partial charge is 0.497 e. The Balaban J connectivity index is 1.51. The SMILES string of the molecule is CCc1cc(OC)cc(C)c1S(=O)(=O)N(C)CCOCC(=O)N(C)Cc1ccc(N2CCCC(N(C)C)C2)cc1C. The van der Waals surface area contributed by atoms with Crippen LogP contribution in [0.1, 0.15) is 42.0 Å². The van der Waals surface area contributed by atoms with Crippen molar-refractivity contribution in [1.29, 1.82) is 0 Å². The second-order valence-corrected chi connectivity index (χ2v) is 13.2. The van der Waals surface area contributed by atoms with Crippen molar-refractivity contribution in [3.63, 3.8) is 0 Å². The van der Waals surface area contributed by atoms with Gasteiger partial charge in [-0.25, -0.2) is 8.42 Å². The third-order valence-corrected chi connectivity index (χ3v) is 10.1. The Kier molecular flexibility index (Phi) is 11.6. The number of aryl methyl sites for hydroxylation is 3. The number of benzene rings is 2. The highest BCUT2D eigenvalue weighted by atomic mass is 32.2. The monoisotopic (exact) mass is 588 g/mol. The lowest BCUT2D eigenvalue weighted by Gasteiger charge is -2.37. The van der Waals surface area contributed by atoms with Crippen molar-refractivity contribution < 1.29 is 22.7 Å². The van der Waals surface area contributed by atoms with Crippen molar-refractivity contribution in [3.8, 4) is 5.75 Å². The lowest BCUT2D eigenvalue weighted by Crippen LogP contribution is -2.45. The van der Waals surface area contributed by atoms with Crippen molar-refractivity contribution >= 4 is 21.6 Å². The van der Waals surface area contributed by atoms with E-state index in [9.17, 15) is 13.2 Å². The molecule has 1 unspecified atom stereocenters. The number of piperidine rings is 1. The predicted molar refractivity (Wildman–Crippen MR) is 164 cm³/mol. The number of amides is 1. The summed E-state index contributed by atoms with van der Waals surface area (Å²) < 4.78 is 38.8. The second-order valence-electron chi connectivity index (χ2n) is 11.2. The minimum Gasteiger partial charge on any atom is -0.497 e. The zero-order valence-electron chi connectivity index (χ0n) is 26.1. The van der Waals surface area contributed by atoms with E-state index in [-0.39, 0.29) is 25.7 Å². The van der Waals surface area contributed by atoms with Crippen molar-refractivity contribution in [1.82, 2.24) is 14.1 Å². The van der Waals surface area contributed by atoms with Gasteiger partial charge in [-0.2, -0.15) is 4.31 Å². The molecule has 228 valence electrons. The fourth-order valence-corrected chi connectivity index (χ4v) is 6.94. The molecule has 0 radical (unpaired) electrons. The van der Waals surface area contributed by atoms with Gasteiger partial charge in [-0.15, -0.1) is 0 Å². The Morgan fingerprint density at radius 2 is 1.78 bits per heavy atom. The fourth-order valence-electron chi connectivity index (χ4n) is 5.31. The van der Waals surface area contributed by atoms with Crippen LogP contribution < -0.4 is 9.64 Å². The molecule has 1 aliphatic rings. The molecule has 1 saturated heterocycles. The van der Waals surface area contributed by atoms with Gasteiger partial charge in [-0.05, 0) is 93.7 Å². The van der Waals surface area contributed by atoms with Crippen LogP contribution in [0.4, 0.5) is 5.69 Å². The van der Waals surface area contributed by atoms with E-state index in [2.05, 4.69) is 49.0 Å². The molecule has 41 heavy (non-hydrogen) atoms. The minimum atomic E-state index is -3.72. The predicted octanol–water partition coefficient (Wildman–Crippen LogP) is 3.70. The summed E-state index contributed by atoms with van der Waals surface area (Å²) in [6, 6.07) is 10.5. The summed E-state index contributed by atoms with van der Waals surface area (Å²) in [6.45, 7) is 8.50. The molecule has 1 atom stereocenters. The van der Waals surface area contributed by atoms with Crippen LogP contribution in [0.25, 0.3) is 0 Å². The third kappa shape index (κ3) is 8.22. The number of nitrogens with zero attached hydrogens (tertiary/aromatic N) is 4. The number of hydrogen-bond donors (Lipinski definition) is 0. The van der Waals surface area contributed by atoms with Gasteiger partial charge < -0.3 is 24.2 Å². The minimum absolute atomic E-state index is 0.108. The number of anilines is 1. The Labute approximate surface area is 247 Å². The molecule has 1 amide bonds. The van der Waals surface area contributed by atoms with Crippen LogP contribution in [0.2, 0.25) is 0 Å². The average Bonchev–Trinajstić information content (AvgIpc) is 2.95. The maximum Gasteiger partial charge on any atom is 0.248 e. The van der Waals surface area contributed by atoms with Gasteiger partial charge in [0.2, 0.25) is 15.9 Å². The topological polar surface area (TPSA) is 82.6 Å².